The Kier molecular flexibility index (Phi) is 2.91. The van der Waals surface area contributed by atoms with Crippen LogP contribution in [0, 0.1) is 13.8 Å². The SMILES string of the molecule is Cc1ccc(NCc2nc3nc(C)ccc3o2)cc1. The van der Waals surface area contributed by atoms with E-state index in [0.717, 1.165) is 17.0 Å². The second-order valence-electron chi connectivity index (χ2n) is 4.60. The number of nitrogens with one attached hydrogen (secondary N) is 1. The molecule has 1 aromatic carbocycles. The Balaban J connectivity index is 1.76. The highest BCUT2D eigenvalue weighted by molar-refractivity contribution is 5.67. The van der Waals surface area contributed by atoms with E-state index in [2.05, 4.69) is 34.3 Å². The molecule has 3 rings (SSSR count). The number of aryl methyl sites for hydroxylation is 2. The molecule has 0 radical (unpaired) electrons. The van der Waals surface area contributed by atoms with Crippen LogP contribution in [0.5, 0.6) is 0 Å². The van der Waals surface area contributed by atoms with Crippen LogP contribution in [0.2, 0.25) is 0 Å². The first-order chi connectivity index (χ1) is 9.20. The Bertz CT molecular complexity index is 701. The summed E-state index contributed by atoms with van der Waals surface area (Å²) in [5.41, 5.74) is 4.63. The highest BCUT2D eigenvalue weighted by Crippen LogP contribution is 2.15. The predicted octanol–water partition coefficient (Wildman–Crippen LogP) is 3.45. The number of nitrogens with zero attached hydrogens (tertiary/aromatic N) is 2. The molecular weight excluding hydrogens is 238 g/mol. The number of benzene rings is 1. The molecule has 0 aliphatic rings. The van der Waals surface area contributed by atoms with Crippen molar-refractivity contribution in [2.45, 2.75) is 20.4 Å². The Morgan fingerprint density at radius 3 is 2.58 bits per heavy atom. The molecule has 2 aromatic heterocycles. The van der Waals surface area contributed by atoms with Crippen LogP contribution in [0.15, 0.2) is 40.8 Å². The quantitative estimate of drug-likeness (QED) is 0.776. The molecule has 4 heteroatoms. The molecule has 3 aromatic rings. The van der Waals surface area contributed by atoms with Crippen LogP contribution in [0.4, 0.5) is 5.69 Å². The van der Waals surface area contributed by atoms with Crippen molar-refractivity contribution in [3.8, 4) is 0 Å². The number of rotatable bonds is 3. The fourth-order valence-electron chi connectivity index (χ4n) is 1.88. The molecule has 0 aliphatic heterocycles. The molecule has 0 amide bonds. The molecule has 96 valence electrons. The maximum absolute atomic E-state index is 5.63. The van der Waals surface area contributed by atoms with Gasteiger partial charge >= 0.3 is 0 Å². The minimum Gasteiger partial charge on any atom is -0.437 e. The van der Waals surface area contributed by atoms with E-state index in [1.54, 1.807) is 0 Å². The van der Waals surface area contributed by atoms with Gasteiger partial charge in [-0.05, 0) is 38.1 Å². The summed E-state index contributed by atoms with van der Waals surface area (Å²) in [6.07, 6.45) is 0. The van der Waals surface area contributed by atoms with Gasteiger partial charge in [0.1, 0.15) is 0 Å². The van der Waals surface area contributed by atoms with Gasteiger partial charge in [0.15, 0.2) is 11.2 Å². The van der Waals surface area contributed by atoms with Crippen LogP contribution >= 0.6 is 0 Å². The van der Waals surface area contributed by atoms with Gasteiger partial charge in [-0.15, -0.1) is 0 Å². The van der Waals surface area contributed by atoms with Gasteiger partial charge in [0, 0.05) is 11.4 Å². The van der Waals surface area contributed by atoms with E-state index in [9.17, 15) is 0 Å². The Morgan fingerprint density at radius 2 is 1.79 bits per heavy atom. The van der Waals surface area contributed by atoms with Gasteiger partial charge in [0.05, 0.1) is 6.54 Å². The summed E-state index contributed by atoms with van der Waals surface area (Å²) < 4.78 is 5.63. The summed E-state index contributed by atoms with van der Waals surface area (Å²) in [7, 11) is 0. The van der Waals surface area contributed by atoms with E-state index >= 15 is 0 Å². The van der Waals surface area contributed by atoms with E-state index in [1.165, 1.54) is 5.56 Å². The normalized spacial score (nSPS) is 10.8. The average Bonchev–Trinajstić information content (AvgIpc) is 2.80. The first-order valence-corrected chi connectivity index (χ1v) is 6.24. The van der Waals surface area contributed by atoms with Gasteiger partial charge in [-0.2, -0.15) is 4.98 Å². The van der Waals surface area contributed by atoms with Crippen molar-refractivity contribution in [2.75, 3.05) is 5.32 Å². The zero-order valence-electron chi connectivity index (χ0n) is 11.0. The summed E-state index contributed by atoms with van der Waals surface area (Å²) in [6.45, 7) is 4.56. The lowest BCUT2D eigenvalue weighted by Gasteiger charge is -2.03. The monoisotopic (exact) mass is 253 g/mol. The topological polar surface area (TPSA) is 51.0 Å². The maximum Gasteiger partial charge on any atom is 0.216 e. The number of aromatic nitrogens is 2. The van der Waals surface area contributed by atoms with Crippen LogP contribution < -0.4 is 5.32 Å². The average molecular weight is 253 g/mol. The standard InChI is InChI=1S/C15H15N3O/c1-10-3-6-12(7-4-10)16-9-14-18-15-13(19-14)8-5-11(2)17-15/h3-8,16H,9H2,1-2H3. The molecule has 0 atom stereocenters. The second kappa shape index (κ2) is 4.72. The van der Waals surface area contributed by atoms with Gasteiger partial charge in [-0.1, -0.05) is 17.7 Å². The third kappa shape index (κ3) is 2.57. The maximum atomic E-state index is 5.63. The largest absolute Gasteiger partial charge is 0.437 e. The third-order valence-corrected chi connectivity index (χ3v) is 2.93. The zero-order chi connectivity index (χ0) is 13.2. The Labute approximate surface area is 111 Å². The van der Waals surface area contributed by atoms with E-state index in [0.29, 0.717) is 18.1 Å². The predicted molar refractivity (Wildman–Crippen MR) is 75.0 cm³/mol. The molecule has 0 fully saturated rings. The van der Waals surface area contributed by atoms with Gasteiger partial charge < -0.3 is 9.73 Å². The Morgan fingerprint density at radius 1 is 1.00 bits per heavy atom. The van der Waals surface area contributed by atoms with Crippen molar-refractivity contribution < 1.29 is 4.42 Å². The van der Waals surface area contributed by atoms with Crippen LogP contribution in [0.1, 0.15) is 17.1 Å². The smallest absolute Gasteiger partial charge is 0.216 e. The van der Waals surface area contributed by atoms with Crippen molar-refractivity contribution in [1.29, 1.82) is 0 Å². The first kappa shape index (κ1) is 11.7. The number of fused-ring (bicyclic) bond motifs is 1. The summed E-state index contributed by atoms with van der Waals surface area (Å²) in [4.78, 5) is 8.70. The van der Waals surface area contributed by atoms with Gasteiger partial charge in [-0.3, -0.25) is 0 Å². The summed E-state index contributed by atoms with van der Waals surface area (Å²) >= 11 is 0. The minimum absolute atomic E-state index is 0.554. The van der Waals surface area contributed by atoms with Crippen molar-refractivity contribution in [2.24, 2.45) is 0 Å². The molecule has 0 bridgehead atoms. The molecule has 1 N–H and O–H groups in total. The fraction of sp³-hybridized carbons (Fsp3) is 0.200. The highest BCUT2D eigenvalue weighted by atomic mass is 16.3. The second-order valence-corrected chi connectivity index (χ2v) is 4.60. The molecule has 0 saturated heterocycles. The molecule has 0 spiro atoms. The van der Waals surface area contributed by atoms with E-state index in [4.69, 9.17) is 4.42 Å². The van der Waals surface area contributed by atoms with Crippen molar-refractivity contribution in [1.82, 2.24) is 9.97 Å². The van der Waals surface area contributed by atoms with Crippen molar-refractivity contribution >= 4 is 16.9 Å². The molecule has 0 saturated carbocycles. The number of pyridine rings is 1. The fourth-order valence-corrected chi connectivity index (χ4v) is 1.88. The van der Waals surface area contributed by atoms with Crippen LogP contribution in [-0.4, -0.2) is 9.97 Å². The number of oxazole rings is 1. The molecular formula is C15H15N3O. The molecule has 2 heterocycles. The van der Waals surface area contributed by atoms with Crippen LogP contribution in [0.3, 0.4) is 0 Å². The third-order valence-electron chi connectivity index (χ3n) is 2.93. The van der Waals surface area contributed by atoms with E-state index in [-0.39, 0.29) is 0 Å². The molecule has 19 heavy (non-hydrogen) atoms. The summed E-state index contributed by atoms with van der Waals surface area (Å²) in [5.74, 6) is 0.647. The van der Waals surface area contributed by atoms with Gasteiger partial charge in [0.25, 0.3) is 0 Å². The lowest BCUT2D eigenvalue weighted by atomic mass is 10.2. The number of anilines is 1. The highest BCUT2D eigenvalue weighted by Gasteiger charge is 2.06. The van der Waals surface area contributed by atoms with Crippen LogP contribution in [-0.2, 0) is 6.54 Å². The first-order valence-electron chi connectivity index (χ1n) is 6.24. The zero-order valence-corrected chi connectivity index (χ0v) is 11.0. The lowest BCUT2D eigenvalue weighted by Crippen LogP contribution is -1.99. The molecule has 4 nitrogen and oxygen atoms in total. The molecule has 0 unspecified atom stereocenters. The minimum atomic E-state index is 0.554. The van der Waals surface area contributed by atoms with E-state index < -0.39 is 0 Å². The number of hydrogen-bond donors (Lipinski definition) is 1. The summed E-state index contributed by atoms with van der Waals surface area (Å²) in [5, 5.41) is 3.28. The van der Waals surface area contributed by atoms with Crippen LogP contribution in [0.25, 0.3) is 11.2 Å². The molecule has 0 aliphatic carbocycles. The van der Waals surface area contributed by atoms with Gasteiger partial charge in [-0.25, -0.2) is 4.98 Å². The van der Waals surface area contributed by atoms with Gasteiger partial charge in [0.2, 0.25) is 5.89 Å². The van der Waals surface area contributed by atoms with Crippen molar-refractivity contribution in [3.05, 3.63) is 53.5 Å². The summed E-state index contributed by atoms with van der Waals surface area (Å²) in [6, 6.07) is 12.0. The lowest BCUT2D eigenvalue weighted by molar-refractivity contribution is 0.540. The van der Waals surface area contributed by atoms with E-state index in [1.807, 2.05) is 31.2 Å². The number of hydrogen-bond acceptors (Lipinski definition) is 4. The van der Waals surface area contributed by atoms with Crippen molar-refractivity contribution in [3.63, 3.8) is 0 Å². The Hall–Kier alpha value is -2.36.